The van der Waals surface area contributed by atoms with Crippen molar-refractivity contribution in [2.24, 2.45) is 5.73 Å². The molecular formula is C16H21N3S. The zero-order valence-corrected chi connectivity index (χ0v) is 12.7. The first-order valence-electron chi connectivity index (χ1n) is 7.12. The maximum atomic E-state index is 5.97. The molecule has 4 heteroatoms. The van der Waals surface area contributed by atoms with Crippen molar-refractivity contribution in [1.29, 1.82) is 0 Å². The molecule has 0 aliphatic carbocycles. The first-order valence-corrected chi connectivity index (χ1v) is 8.34. The molecular weight excluding hydrogens is 266 g/mol. The molecule has 1 saturated heterocycles. The molecule has 0 amide bonds. The Morgan fingerprint density at radius 2 is 2.00 bits per heavy atom. The van der Waals surface area contributed by atoms with E-state index in [1.807, 2.05) is 18.0 Å². The molecule has 0 radical (unpaired) electrons. The standard InChI is InChI=1S/C16H21N3S/c1-20-16(12-17)7-10-19(11-8-16)15-14-5-3-2-4-13(14)6-9-18-15/h2-6,9H,7-8,10-12,17H2,1H3. The van der Waals surface area contributed by atoms with Crippen LogP contribution in [-0.4, -0.2) is 35.6 Å². The molecule has 1 fully saturated rings. The lowest BCUT2D eigenvalue weighted by atomic mass is 9.95. The minimum Gasteiger partial charge on any atom is -0.356 e. The van der Waals surface area contributed by atoms with Crippen molar-refractivity contribution in [1.82, 2.24) is 4.98 Å². The van der Waals surface area contributed by atoms with E-state index in [2.05, 4.69) is 46.5 Å². The number of benzene rings is 1. The minimum absolute atomic E-state index is 0.265. The van der Waals surface area contributed by atoms with E-state index in [0.717, 1.165) is 38.3 Å². The normalized spacial score (nSPS) is 18.4. The van der Waals surface area contributed by atoms with Crippen molar-refractivity contribution in [2.45, 2.75) is 17.6 Å². The van der Waals surface area contributed by atoms with Crippen molar-refractivity contribution in [2.75, 3.05) is 30.8 Å². The number of thioether (sulfide) groups is 1. The number of rotatable bonds is 3. The van der Waals surface area contributed by atoms with Crippen molar-refractivity contribution in [3.05, 3.63) is 36.5 Å². The first-order chi connectivity index (χ1) is 9.78. The average Bonchev–Trinajstić information content (AvgIpc) is 2.54. The highest BCUT2D eigenvalue weighted by Gasteiger charge is 2.33. The number of fused-ring (bicyclic) bond motifs is 1. The molecule has 2 heterocycles. The van der Waals surface area contributed by atoms with Crippen molar-refractivity contribution in [3.8, 4) is 0 Å². The topological polar surface area (TPSA) is 42.1 Å². The quantitative estimate of drug-likeness (QED) is 0.942. The van der Waals surface area contributed by atoms with Crippen molar-refractivity contribution in [3.63, 3.8) is 0 Å². The highest BCUT2D eigenvalue weighted by molar-refractivity contribution is 8.00. The smallest absolute Gasteiger partial charge is 0.136 e. The molecule has 106 valence electrons. The molecule has 0 spiro atoms. The highest BCUT2D eigenvalue weighted by Crippen LogP contribution is 2.36. The number of aromatic nitrogens is 1. The summed E-state index contributed by atoms with van der Waals surface area (Å²) >= 11 is 1.92. The van der Waals surface area contributed by atoms with Gasteiger partial charge < -0.3 is 10.6 Å². The van der Waals surface area contributed by atoms with Crippen LogP contribution in [0.5, 0.6) is 0 Å². The van der Waals surface area contributed by atoms with E-state index in [4.69, 9.17) is 5.73 Å². The Hall–Kier alpha value is -1.26. The molecule has 1 aromatic heterocycles. The van der Waals surface area contributed by atoms with Gasteiger partial charge in [0, 0.05) is 36.0 Å². The molecule has 0 unspecified atom stereocenters. The van der Waals surface area contributed by atoms with Crippen LogP contribution in [0.1, 0.15) is 12.8 Å². The summed E-state index contributed by atoms with van der Waals surface area (Å²) in [6.07, 6.45) is 6.36. The number of hydrogen-bond donors (Lipinski definition) is 1. The molecule has 2 aromatic rings. The van der Waals surface area contributed by atoms with Crippen molar-refractivity contribution >= 4 is 28.4 Å². The summed E-state index contributed by atoms with van der Waals surface area (Å²) < 4.78 is 0.265. The van der Waals surface area contributed by atoms with Gasteiger partial charge in [0.05, 0.1) is 0 Å². The van der Waals surface area contributed by atoms with Crippen LogP contribution in [0.3, 0.4) is 0 Å². The Kier molecular flexibility index (Phi) is 3.85. The van der Waals surface area contributed by atoms with E-state index in [9.17, 15) is 0 Å². The molecule has 0 saturated carbocycles. The molecule has 0 bridgehead atoms. The van der Waals surface area contributed by atoms with Gasteiger partial charge in [-0.3, -0.25) is 0 Å². The van der Waals surface area contributed by atoms with Crippen LogP contribution in [0.15, 0.2) is 36.5 Å². The molecule has 1 aliphatic rings. The lowest BCUT2D eigenvalue weighted by Crippen LogP contribution is -2.46. The Morgan fingerprint density at radius 3 is 2.70 bits per heavy atom. The van der Waals surface area contributed by atoms with Crippen LogP contribution < -0.4 is 10.6 Å². The van der Waals surface area contributed by atoms with Gasteiger partial charge in [-0.1, -0.05) is 24.3 Å². The van der Waals surface area contributed by atoms with Gasteiger partial charge in [0.1, 0.15) is 5.82 Å². The van der Waals surface area contributed by atoms with Crippen LogP contribution in [-0.2, 0) is 0 Å². The Morgan fingerprint density at radius 1 is 1.25 bits per heavy atom. The first kappa shape index (κ1) is 13.7. The molecule has 3 nitrogen and oxygen atoms in total. The number of piperidine rings is 1. The SMILES string of the molecule is CSC1(CN)CCN(c2nccc3ccccc23)CC1. The molecule has 2 N–H and O–H groups in total. The summed E-state index contributed by atoms with van der Waals surface area (Å²) in [7, 11) is 0. The fourth-order valence-corrected chi connectivity index (χ4v) is 3.73. The summed E-state index contributed by atoms with van der Waals surface area (Å²) in [4.78, 5) is 7.03. The third-order valence-corrected chi connectivity index (χ3v) is 5.87. The van der Waals surface area contributed by atoms with Gasteiger partial charge >= 0.3 is 0 Å². The molecule has 3 rings (SSSR count). The third-order valence-electron chi connectivity index (χ3n) is 4.43. The fraction of sp³-hybridized carbons (Fsp3) is 0.438. The van der Waals surface area contributed by atoms with Gasteiger partial charge in [-0.05, 0) is 30.6 Å². The molecule has 0 atom stereocenters. The minimum atomic E-state index is 0.265. The van der Waals surface area contributed by atoms with E-state index in [1.54, 1.807) is 0 Å². The Balaban J connectivity index is 1.87. The van der Waals surface area contributed by atoms with Gasteiger partial charge in [0.15, 0.2) is 0 Å². The maximum Gasteiger partial charge on any atom is 0.136 e. The number of anilines is 1. The lowest BCUT2D eigenvalue weighted by Gasteiger charge is -2.40. The van der Waals surface area contributed by atoms with Gasteiger partial charge in [0.25, 0.3) is 0 Å². The van der Waals surface area contributed by atoms with Crippen LogP contribution in [0.2, 0.25) is 0 Å². The van der Waals surface area contributed by atoms with E-state index in [1.165, 1.54) is 10.8 Å². The molecule has 1 aliphatic heterocycles. The summed E-state index contributed by atoms with van der Waals surface area (Å²) in [5.41, 5.74) is 5.97. The number of pyridine rings is 1. The van der Waals surface area contributed by atoms with Gasteiger partial charge in [-0.15, -0.1) is 0 Å². The maximum absolute atomic E-state index is 5.97. The number of nitrogens with zero attached hydrogens (tertiary/aromatic N) is 2. The molecule has 20 heavy (non-hydrogen) atoms. The van der Waals surface area contributed by atoms with E-state index < -0.39 is 0 Å². The van der Waals surface area contributed by atoms with Crippen LogP contribution in [0, 0.1) is 0 Å². The van der Waals surface area contributed by atoms with Crippen LogP contribution in [0.25, 0.3) is 10.8 Å². The lowest BCUT2D eigenvalue weighted by molar-refractivity contribution is 0.456. The van der Waals surface area contributed by atoms with Gasteiger partial charge in [-0.2, -0.15) is 11.8 Å². The largest absolute Gasteiger partial charge is 0.356 e. The van der Waals surface area contributed by atoms with Crippen molar-refractivity contribution < 1.29 is 0 Å². The van der Waals surface area contributed by atoms with Gasteiger partial charge in [0.2, 0.25) is 0 Å². The zero-order valence-electron chi connectivity index (χ0n) is 11.9. The second kappa shape index (κ2) is 5.62. The highest BCUT2D eigenvalue weighted by atomic mass is 32.2. The molecule has 1 aromatic carbocycles. The second-order valence-electron chi connectivity index (χ2n) is 5.43. The monoisotopic (exact) mass is 287 g/mol. The predicted octanol–water partition coefficient (Wildman–Crippen LogP) is 2.90. The Bertz CT molecular complexity index is 580. The van der Waals surface area contributed by atoms with E-state index in [0.29, 0.717) is 0 Å². The average molecular weight is 287 g/mol. The predicted molar refractivity (Wildman–Crippen MR) is 88.5 cm³/mol. The van der Waals surface area contributed by atoms with E-state index >= 15 is 0 Å². The van der Waals surface area contributed by atoms with Crippen LogP contribution >= 0.6 is 11.8 Å². The number of nitrogens with two attached hydrogens (primary N) is 1. The summed E-state index contributed by atoms with van der Waals surface area (Å²) in [5, 5.41) is 2.51. The Labute approximate surface area is 124 Å². The van der Waals surface area contributed by atoms with E-state index in [-0.39, 0.29) is 4.75 Å². The number of hydrogen-bond acceptors (Lipinski definition) is 4. The summed E-state index contributed by atoms with van der Waals surface area (Å²) in [6, 6.07) is 10.6. The van der Waals surface area contributed by atoms with Gasteiger partial charge in [-0.25, -0.2) is 4.98 Å². The summed E-state index contributed by atoms with van der Waals surface area (Å²) in [5.74, 6) is 1.12. The zero-order chi connectivity index (χ0) is 14.0. The second-order valence-corrected chi connectivity index (χ2v) is 6.71. The summed E-state index contributed by atoms with van der Waals surface area (Å²) in [6.45, 7) is 2.85. The third kappa shape index (κ3) is 2.38. The fourth-order valence-electron chi connectivity index (χ4n) is 2.97. The van der Waals surface area contributed by atoms with Crippen LogP contribution in [0.4, 0.5) is 5.82 Å².